The molecule has 0 aliphatic heterocycles. The van der Waals surface area contributed by atoms with Crippen molar-refractivity contribution in [2.45, 2.75) is 31.9 Å². The van der Waals surface area contributed by atoms with Crippen molar-refractivity contribution in [3.8, 4) is 0 Å². The van der Waals surface area contributed by atoms with E-state index in [4.69, 9.17) is 5.73 Å². The lowest BCUT2D eigenvalue weighted by atomic mass is 9.88. The number of nitrogens with two attached hydrogens (primary N) is 1. The van der Waals surface area contributed by atoms with Gasteiger partial charge in [0.15, 0.2) is 0 Å². The molecular formula is C18H22NO. The van der Waals surface area contributed by atoms with Gasteiger partial charge in [-0.15, -0.1) is 0 Å². The SMILES string of the molecule is C[C](c1ccccc1)C(N)C(O)CCc1ccccc1. The average molecular weight is 268 g/mol. The maximum absolute atomic E-state index is 10.3. The Morgan fingerprint density at radius 2 is 1.55 bits per heavy atom. The van der Waals surface area contributed by atoms with Crippen LogP contribution in [0, 0.1) is 5.92 Å². The Bertz CT molecular complexity index is 497. The summed E-state index contributed by atoms with van der Waals surface area (Å²) in [4.78, 5) is 0. The fourth-order valence-electron chi connectivity index (χ4n) is 2.32. The Kier molecular flexibility index (Phi) is 5.33. The van der Waals surface area contributed by atoms with Crippen molar-refractivity contribution in [1.29, 1.82) is 0 Å². The number of aliphatic hydroxyl groups is 1. The van der Waals surface area contributed by atoms with E-state index in [0.717, 1.165) is 17.9 Å². The van der Waals surface area contributed by atoms with Crippen molar-refractivity contribution in [3.05, 3.63) is 77.7 Å². The molecule has 3 N–H and O–H groups in total. The first kappa shape index (κ1) is 14.8. The first-order valence-electron chi connectivity index (χ1n) is 7.05. The summed E-state index contributed by atoms with van der Waals surface area (Å²) in [5.74, 6) is 1.03. The monoisotopic (exact) mass is 268 g/mol. The first-order valence-corrected chi connectivity index (χ1v) is 7.05. The van der Waals surface area contributed by atoms with E-state index in [1.807, 2.05) is 55.5 Å². The molecule has 0 fully saturated rings. The van der Waals surface area contributed by atoms with Crippen LogP contribution >= 0.6 is 0 Å². The van der Waals surface area contributed by atoms with Crippen LogP contribution in [-0.4, -0.2) is 17.3 Å². The molecule has 2 aromatic rings. The van der Waals surface area contributed by atoms with Gasteiger partial charge in [0, 0.05) is 12.0 Å². The normalized spacial score (nSPS) is 14.2. The lowest BCUT2D eigenvalue weighted by Crippen LogP contribution is -2.39. The molecule has 2 unspecified atom stereocenters. The van der Waals surface area contributed by atoms with Crippen LogP contribution in [0.1, 0.15) is 24.5 Å². The van der Waals surface area contributed by atoms with Gasteiger partial charge in [-0.3, -0.25) is 0 Å². The minimum atomic E-state index is -0.518. The molecule has 105 valence electrons. The Morgan fingerprint density at radius 1 is 1.00 bits per heavy atom. The van der Waals surface area contributed by atoms with E-state index in [0.29, 0.717) is 6.42 Å². The molecular weight excluding hydrogens is 246 g/mol. The molecule has 1 radical (unpaired) electrons. The largest absolute Gasteiger partial charge is 0.391 e. The van der Waals surface area contributed by atoms with Gasteiger partial charge in [-0.25, -0.2) is 0 Å². The minimum absolute atomic E-state index is 0.318. The maximum Gasteiger partial charge on any atom is 0.0703 e. The summed E-state index contributed by atoms with van der Waals surface area (Å²) in [5, 5.41) is 10.3. The summed E-state index contributed by atoms with van der Waals surface area (Å²) in [6.07, 6.45) is 1.00. The Morgan fingerprint density at radius 3 is 2.15 bits per heavy atom. The summed E-state index contributed by atoms with van der Waals surface area (Å²) < 4.78 is 0. The summed E-state index contributed by atoms with van der Waals surface area (Å²) in [7, 11) is 0. The molecule has 0 spiro atoms. The van der Waals surface area contributed by atoms with Crippen LogP contribution in [0.4, 0.5) is 0 Å². The molecule has 2 atom stereocenters. The van der Waals surface area contributed by atoms with E-state index in [2.05, 4.69) is 12.1 Å². The van der Waals surface area contributed by atoms with Crippen molar-refractivity contribution < 1.29 is 5.11 Å². The van der Waals surface area contributed by atoms with E-state index < -0.39 is 6.10 Å². The number of hydrogen-bond donors (Lipinski definition) is 2. The zero-order chi connectivity index (χ0) is 14.4. The van der Waals surface area contributed by atoms with Crippen LogP contribution in [0.15, 0.2) is 60.7 Å². The maximum atomic E-state index is 10.3. The quantitative estimate of drug-likeness (QED) is 0.846. The van der Waals surface area contributed by atoms with Crippen molar-refractivity contribution in [3.63, 3.8) is 0 Å². The van der Waals surface area contributed by atoms with E-state index in [1.54, 1.807) is 0 Å². The van der Waals surface area contributed by atoms with Crippen molar-refractivity contribution >= 4 is 0 Å². The van der Waals surface area contributed by atoms with E-state index in [-0.39, 0.29) is 6.04 Å². The summed E-state index contributed by atoms with van der Waals surface area (Å²) in [5.41, 5.74) is 8.50. The molecule has 0 heterocycles. The zero-order valence-electron chi connectivity index (χ0n) is 11.9. The van der Waals surface area contributed by atoms with Gasteiger partial charge in [-0.1, -0.05) is 67.6 Å². The highest BCUT2D eigenvalue weighted by Gasteiger charge is 2.22. The van der Waals surface area contributed by atoms with Crippen molar-refractivity contribution in [2.75, 3.05) is 0 Å². The lowest BCUT2D eigenvalue weighted by Gasteiger charge is -2.25. The fourth-order valence-corrected chi connectivity index (χ4v) is 2.32. The van der Waals surface area contributed by atoms with Crippen LogP contribution in [0.25, 0.3) is 0 Å². The van der Waals surface area contributed by atoms with E-state index in [1.165, 1.54) is 5.56 Å². The second kappa shape index (κ2) is 7.22. The van der Waals surface area contributed by atoms with Gasteiger partial charge < -0.3 is 10.8 Å². The third-order valence-electron chi connectivity index (χ3n) is 3.72. The first-order chi connectivity index (χ1) is 9.68. The number of hydrogen-bond acceptors (Lipinski definition) is 2. The second-order valence-corrected chi connectivity index (χ2v) is 5.17. The number of aliphatic hydroxyl groups excluding tert-OH is 1. The molecule has 0 aliphatic carbocycles. The lowest BCUT2D eigenvalue weighted by molar-refractivity contribution is 0.141. The van der Waals surface area contributed by atoms with Crippen LogP contribution in [0.2, 0.25) is 0 Å². The van der Waals surface area contributed by atoms with Gasteiger partial charge in [0.05, 0.1) is 6.10 Å². The highest BCUT2D eigenvalue weighted by atomic mass is 16.3. The van der Waals surface area contributed by atoms with Gasteiger partial charge in [0.2, 0.25) is 0 Å². The summed E-state index contributed by atoms with van der Waals surface area (Å²) >= 11 is 0. The molecule has 20 heavy (non-hydrogen) atoms. The minimum Gasteiger partial charge on any atom is -0.391 e. The third-order valence-corrected chi connectivity index (χ3v) is 3.72. The van der Waals surface area contributed by atoms with Crippen LogP contribution in [-0.2, 0) is 6.42 Å². The fraction of sp³-hybridized carbons (Fsp3) is 0.278. The standard InChI is InChI=1S/C18H22NO/c1-14(16-10-6-3-7-11-16)18(19)17(20)13-12-15-8-4-2-5-9-15/h2-11,17-18,20H,12-13,19H2,1H3. The molecule has 2 rings (SSSR count). The van der Waals surface area contributed by atoms with Crippen molar-refractivity contribution in [2.24, 2.45) is 5.73 Å². The highest BCUT2D eigenvalue weighted by Crippen LogP contribution is 2.20. The molecule has 0 saturated heterocycles. The van der Waals surface area contributed by atoms with Gasteiger partial charge >= 0.3 is 0 Å². The van der Waals surface area contributed by atoms with Gasteiger partial charge in [0.25, 0.3) is 0 Å². The van der Waals surface area contributed by atoms with Gasteiger partial charge in [0.1, 0.15) is 0 Å². The molecule has 2 heteroatoms. The Hall–Kier alpha value is -1.64. The molecule has 2 nitrogen and oxygen atoms in total. The smallest absolute Gasteiger partial charge is 0.0703 e. The molecule has 2 aromatic carbocycles. The third kappa shape index (κ3) is 3.92. The van der Waals surface area contributed by atoms with Gasteiger partial charge in [-0.05, 0) is 24.0 Å². The van der Waals surface area contributed by atoms with E-state index in [9.17, 15) is 5.11 Å². The van der Waals surface area contributed by atoms with Gasteiger partial charge in [-0.2, -0.15) is 0 Å². The average Bonchev–Trinajstić information content (AvgIpc) is 2.53. The zero-order valence-corrected chi connectivity index (χ0v) is 11.9. The van der Waals surface area contributed by atoms with E-state index >= 15 is 0 Å². The number of aryl methyl sites for hydroxylation is 1. The van der Waals surface area contributed by atoms with Crippen molar-refractivity contribution in [1.82, 2.24) is 0 Å². The topological polar surface area (TPSA) is 46.2 Å². The summed E-state index contributed by atoms with van der Waals surface area (Å²) in [6.45, 7) is 1.99. The van der Waals surface area contributed by atoms with Crippen LogP contribution in [0.5, 0.6) is 0 Å². The Balaban J connectivity index is 1.90. The molecule has 0 aliphatic rings. The predicted octanol–water partition coefficient (Wildman–Crippen LogP) is 2.95. The molecule has 0 bridgehead atoms. The Labute approximate surface area is 121 Å². The highest BCUT2D eigenvalue weighted by molar-refractivity contribution is 5.32. The molecule has 0 aromatic heterocycles. The van der Waals surface area contributed by atoms with Crippen LogP contribution in [0.3, 0.4) is 0 Å². The van der Waals surface area contributed by atoms with Crippen LogP contribution < -0.4 is 5.73 Å². The predicted molar refractivity (Wildman–Crippen MR) is 83.2 cm³/mol. The summed E-state index contributed by atoms with van der Waals surface area (Å²) in [6, 6.07) is 19.9. The number of benzene rings is 2. The molecule has 0 amide bonds. The second-order valence-electron chi connectivity index (χ2n) is 5.17. The number of rotatable bonds is 6. The molecule has 0 saturated carbocycles.